The molecule has 0 unspecified atom stereocenters. The van der Waals surface area contributed by atoms with Crippen LogP contribution in [0, 0.1) is 0 Å². The molecule has 0 bridgehead atoms. The average molecular weight is 780 g/mol. The van der Waals surface area contributed by atoms with E-state index in [4.69, 9.17) is 19.4 Å². The third kappa shape index (κ3) is 21.3. The van der Waals surface area contributed by atoms with E-state index in [9.17, 15) is 0 Å². The molecule has 9 heteroatoms. The molecule has 0 saturated carbocycles. The van der Waals surface area contributed by atoms with Crippen molar-refractivity contribution >= 4 is 5.97 Å². The van der Waals surface area contributed by atoms with Crippen LogP contribution in [0.4, 0.5) is 0 Å². The SMILES string of the molecule is CC(=O)O.CCCCCC(C)(C)c1ccc(OCCOCC[N+](C)(C)Cc2ccccc2)cc1.[Cl-].[Cl-].[Cl-].[Hg+2]. The molecule has 2 aromatic carbocycles. The molecule has 0 radical (unpaired) electrons. The van der Waals surface area contributed by atoms with Crippen LogP contribution in [0.15, 0.2) is 54.6 Å². The Kier molecular flexibility index (Phi) is 28.4. The number of carboxylic acids is 1. The number of carbonyl (C=O) groups is 1. The van der Waals surface area contributed by atoms with Crippen molar-refractivity contribution in [1.29, 1.82) is 0 Å². The molecule has 214 valence electrons. The molecule has 0 saturated heterocycles. The quantitative estimate of drug-likeness (QED) is 0.129. The topological polar surface area (TPSA) is 55.8 Å². The van der Waals surface area contributed by atoms with Crippen molar-refractivity contribution in [2.45, 2.75) is 65.3 Å². The van der Waals surface area contributed by atoms with Crippen LogP contribution in [0.2, 0.25) is 0 Å². The van der Waals surface area contributed by atoms with Crippen molar-refractivity contribution in [2.24, 2.45) is 0 Å². The van der Waals surface area contributed by atoms with Gasteiger partial charge in [0, 0.05) is 12.5 Å². The zero-order chi connectivity index (χ0) is 25.5. The van der Waals surface area contributed by atoms with Gasteiger partial charge in [-0.05, 0) is 29.5 Å². The fraction of sp³-hybridized carbons (Fsp3) is 0.552. The number of hydrogen-bond donors (Lipinski definition) is 1. The van der Waals surface area contributed by atoms with Gasteiger partial charge < -0.3 is 56.3 Å². The number of unbranched alkanes of at least 4 members (excludes halogenated alkanes) is 2. The van der Waals surface area contributed by atoms with Gasteiger partial charge in [0.1, 0.15) is 25.4 Å². The first-order valence-electron chi connectivity index (χ1n) is 12.4. The van der Waals surface area contributed by atoms with Gasteiger partial charge in [0.25, 0.3) is 5.97 Å². The standard InChI is InChI=1S/C27H42NO2.C2H4O2.3ClH.Hg/c1-6-7-11-18-27(2,3)25-14-16-26(17-15-25)30-22-21-29-20-19-28(4,5)23-24-12-9-8-10-13-24;1-2(3)4;;;;/h8-10,12-17H,6-7,11,18-23H2,1-5H3;1H3,(H,3,4);3*1H;/q+1;;;;;+2/p-3. The number of likely N-dealkylation sites (N-methyl/N-ethyl adjacent to an activating group) is 1. The molecule has 0 aliphatic heterocycles. The van der Waals surface area contributed by atoms with Crippen molar-refractivity contribution < 1.29 is 88.7 Å². The van der Waals surface area contributed by atoms with E-state index in [1.54, 1.807) is 0 Å². The summed E-state index contributed by atoms with van der Waals surface area (Å²) in [5, 5.41) is 7.42. The van der Waals surface area contributed by atoms with Crippen LogP contribution in [0.1, 0.15) is 64.5 Å². The van der Waals surface area contributed by atoms with E-state index < -0.39 is 5.97 Å². The summed E-state index contributed by atoms with van der Waals surface area (Å²) in [5.74, 6) is 0.0897. The molecule has 0 atom stereocenters. The molecular weight excluding hydrogens is 733 g/mol. The Balaban J connectivity index is -0.000000674. The molecule has 2 aromatic rings. The first kappa shape index (κ1) is 44.5. The Bertz CT molecular complexity index is 818. The minimum absolute atomic E-state index is 0. The van der Waals surface area contributed by atoms with Crippen LogP contribution in [0.3, 0.4) is 0 Å². The van der Waals surface area contributed by atoms with Gasteiger partial charge in [0.15, 0.2) is 0 Å². The largest absolute Gasteiger partial charge is 2.00 e. The van der Waals surface area contributed by atoms with E-state index in [-0.39, 0.29) is 70.3 Å². The Hall–Kier alpha value is -0.565. The van der Waals surface area contributed by atoms with Crippen molar-refractivity contribution in [3.05, 3.63) is 65.7 Å². The van der Waals surface area contributed by atoms with Crippen molar-refractivity contribution in [3.8, 4) is 5.75 Å². The Morgan fingerprint density at radius 2 is 1.45 bits per heavy atom. The van der Waals surface area contributed by atoms with Crippen LogP contribution in [0.25, 0.3) is 0 Å². The molecule has 38 heavy (non-hydrogen) atoms. The molecule has 0 spiro atoms. The second-order valence-electron chi connectivity index (χ2n) is 10.1. The fourth-order valence-electron chi connectivity index (χ4n) is 3.75. The minimum atomic E-state index is -0.833. The molecule has 2 rings (SSSR count). The maximum atomic E-state index is 9.00. The predicted octanol–water partition coefficient (Wildman–Crippen LogP) is -2.68. The van der Waals surface area contributed by atoms with E-state index in [1.807, 2.05) is 0 Å². The van der Waals surface area contributed by atoms with Crippen LogP contribution in [0.5, 0.6) is 5.75 Å². The minimum Gasteiger partial charge on any atom is -1.00 e. The Morgan fingerprint density at radius 1 is 0.895 bits per heavy atom. The molecule has 0 aliphatic rings. The second-order valence-corrected chi connectivity index (χ2v) is 10.1. The summed E-state index contributed by atoms with van der Waals surface area (Å²) >= 11 is 0. The summed E-state index contributed by atoms with van der Waals surface area (Å²) in [7, 11) is 4.50. The van der Waals surface area contributed by atoms with Gasteiger partial charge in [0.05, 0.1) is 27.3 Å². The normalized spacial score (nSPS) is 10.3. The molecule has 0 fully saturated rings. The molecule has 0 amide bonds. The van der Waals surface area contributed by atoms with Gasteiger partial charge in [-0.25, -0.2) is 0 Å². The summed E-state index contributed by atoms with van der Waals surface area (Å²) in [5.41, 5.74) is 2.98. The van der Waals surface area contributed by atoms with E-state index >= 15 is 0 Å². The van der Waals surface area contributed by atoms with Crippen LogP contribution in [-0.2, 0) is 49.2 Å². The van der Waals surface area contributed by atoms with Crippen molar-refractivity contribution in [3.63, 3.8) is 0 Å². The zero-order valence-corrected chi connectivity index (χ0v) is 31.8. The molecule has 1 N–H and O–H groups in total. The first-order chi connectivity index (χ1) is 16.1. The van der Waals surface area contributed by atoms with E-state index in [0.29, 0.717) is 13.2 Å². The maximum Gasteiger partial charge on any atom is 2.00 e. The fourth-order valence-corrected chi connectivity index (χ4v) is 3.75. The smallest absolute Gasteiger partial charge is 1.00 e. The van der Waals surface area contributed by atoms with Crippen LogP contribution < -0.4 is 42.0 Å². The van der Waals surface area contributed by atoms with E-state index in [1.165, 1.54) is 36.8 Å². The summed E-state index contributed by atoms with van der Waals surface area (Å²) in [6.45, 7) is 12.0. The number of aliphatic carboxylic acids is 1. The third-order valence-corrected chi connectivity index (χ3v) is 5.83. The van der Waals surface area contributed by atoms with Gasteiger partial charge >= 0.3 is 27.7 Å². The summed E-state index contributed by atoms with van der Waals surface area (Å²) < 4.78 is 12.6. The molecule has 0 aliphatic carbocycles. The number of benzene rings is 2. The number of quaternary nitrogens is 1. The Labute approximate surface area is 270 Å². The number of rotatable bonds is 14. The number of hydrogen-bond acceptors (Lipinski definition) is 3. The number of nitrogens with zero attached hydrogens (tertiary/aromatic N) is 1. The van der Waals surface area contributed by atoms with Gasteiger partial charge in [-0.15, -0.1) is 0 Å². The van der Waals surface area contributed by atoms with Crippen molar-refractivity contribution in [2.75, 3.05) is 40.5 Å². The zero-order valence-electron chi connectivity index (χ0n) is 24.0. The van der Waals surface area contributed by atoms with Gasteiger partial charge in [-0.1, -0.05) is 82.5 Å². The number of ether oxygens (including phenoxy) is 2. The number of halogens is 3. The molecule has 5 nitrogen and oxygen atoms in total. The molecular formula is C29H46Cl3HgNO4. The van der Waals surface area contributed by atoms with Gasteiger partial charge in [-0.2, -0.15) is 0 Å². The second kappa shape index (κ2) is 24.2. The van der Waals surface area contributed by atoms with E-state index in [2.05, 4.69) is 89.5 Å². The molecule has 0 aromatic heterocycles. The average Bonchev–Trinajstić information content (AvgIpc) is 2.76. The monoisotopic (exact) mass is 779 g/mol. The van der Waals surface area contributed by atoms with E-state index in [0.717, 1.165) is 36.9 Å². The van der Waals surface area contributed by atoms with Gasteiger partial charge in [0.2, 0.25) is 0 Å². The van der Waals surface area contributed by atoms with Crippen LogP contribution >= 0.6 is 0 Å². The maximum absolute atomic E-state index is 9.00. The number of carboxylic acid groups (broad SMARTS) is 1. The molecule has 0 heterocycles. The predicted molar refractivity (Wildman–Crippen MR) is 140 cm³/mol. The van der Waals surface area contributed by atoms with Crippen LogP contribution in [-0.4, -0.2) is 56.0 Å². The summed E-state index contributed by atoms with van der Waals surface area (Å²) in [6.07, 6.45) is 5.11. The third-order valence-electron chi connectivity index (χ3n) is 5.83. The summed E-state index contributed by atoms with van der Waals surface area (Å²) in [6, 6.07) is 19.3. The van der Waals surface area contributed by atoms with Gasteiger partial charge in [-0.3, -0.25) is 4.79 Å². The first-order valence-corrected chi connectivity index (χ1v) is 12.4. The summed E-state index contributed by atoms with van der Waals surface area (Å²) in [4.78, 5) is 9.00. The Morgan fingerprint density at radius 3 is 1.97 bits per heavy atom. The van der Waals surface area contributed by atoms with Crippen molar-refractivity contribution in [1.82, 2.24) is 0 Å².